The lowest BCUT2D eigenvalue weighted by Crippen LogP contribution is -2.26. The van der Waals surface area contributed by atoms with Crippen molar-refractivity contribution in [2.24, 2.45) is 5.73 Å². The Morgan fingerprint density at radius 3 is 1.83 bits per heavy atom. The van der Waals surface area contributed by atoms with Crippen LogP contribution in [0.15, 0.2) is 18.2 Å². The molecule has 0 bridgehead atoms. The van der Waals surface area contributed by atoms with E-state index in [1.54, 1.807) is 0 Å². The lowest BCUT2D eigenvalue weighted by molar-refractivity contribution is -0.143. The first-order chi connectivity index (χ1) is 10.1. The van der Waals surface area contributed by atoms with Gasteiger partial charge in [0.25, 0.3) is 5.91 Å². The van der Waals surface area contributed by atoms with E-state index in [1.165, 1.54) is 0 Å². The summed E-state index contributed by atoms with van der Waals surface area (Å²) in [5.41, 5.74) is 1.51. The SMILES string of the molecule is Cl.NCCCCNC(=O)c1cc(C(F)(F)F)cc(C(F)(F)F)c1. The Morgan fingerprint density at radius 2 is 1.43 bits per heavy atom. The average Bonchev–Trinajstić information content (AvgIpc) is 2.41. The summed E-state index contributed by atoms with van der Waals surface area (Å²) in [6.45, 7) is 0.491. The normalized spacial score (nSPS) is 11.8. The number of nitrogens with two attached hydrogens (primary N) is 1. The van der Waals surface area contributed by atoms with E-state index in [9.17, 15) is 31.1 Å². The van der Waals surface area contributed by atoms with Crippen LogP contribution in [0.3, 0.4) is 0 Å². The van der Waals surface area contributed by atoms with E-state index in [0.29, 0.717) is 31.5 Å². The van der Waals surface area contributed by atoms with E-state index >= 15 is 0 Å². The second-order valence-electron chi connectivity index (χ2n) is 4.55. The van der Waals surface area contributed by atoms with Crippen molar-refractivity contribution in [1.82, 2.24) is 5.32 Å². The van der Waals surface area contributed by atoms with E-state index in [-0.39, 0.29) is 25.0 Å². The summed E-state index contributed by atoms with van der Waals surface area (Å²) >= 11 is 0. The zero-order chi connectivity index (χ0) is 17.0. The van der Waals surface area contributed by atoms with E-state index in [1.807, 2.05) is 0 Å². The fourth-order valence-corrected chi connectivity index (χ4v) is 1.66. The van der Waals surface area contributed by atoms with E-state index < -0.39 is 35.0 Å². The first kappa shape index (κ1) is 21.5. The third-order valence-electron chi connectivity index (χ3n) is 2.77. The standard InChI is InChI=1S/C13H14F6N2O.ClH/c14-12(15,16)9-5-8(6-10(7-9)13(17,18)19)11(22)21-4-2-1-3-20;/h5-7H,1-4,20H2,(H,21,22);1H. The van der Waals surface area contributed by atoms with Gasteiger partial charge < -0.3 is 11.1 Å². The topological polar surface area (TPSA) is 55.1 Å². The predicted molar refractivity (Wildman–Crippen MR) is 74.3 cm³/mol. The van der Waals surface area contributed by atoms with Gasteiger partial charge in [-0.2, -0.15) is 26.3 Å². The van der Waals surface area contributed by atoms with Crippen LogP contribution in [-0.4, -0.2) is 19.0 Å². The summed E-state index contributed by atoms with van der Waals surface area (Å²) in [5.74, 6) is -0.992. The Hall–Kier alpha value is -1.48. The van der Waals surface area contributed by atoms with Crippen molar-refractivity contribution in [3.8, 4) is 0 Å². The Bertz CT molecular complexity index is 498. The Kier molecular flexibility index (Phi) is 7.85. The molecule has 0 saturated carbocycles. The minimum Gasteiger partial charge on any atom is -0.352 e. The minimum atomic E-state index is -4.98. The molecular formula is C13H15ClF6N2O. The number of rotatable bonds is 5. The largest absolute Gasteiger partial charge is 0.416 e. The number of nitrogens with one attached hydrogen (secondary N) is 1. The number of halogens is 7. The first-order valence-electron chi connectivity index (χ1n) is 6.33. The monoisotopic (exact) mass is 364 g/mol. The third-order valence-corrected chi connectivity index (χ3v) is 2.77. The van der Waals surface area contributed by atoms with E-state index in [2.05, 4.69) is 5.32 Å². The molecule has 3 N–H and O–H groups in total. The zero-order valence-electron chi connectivity index (χ0n) is 11.7. The number of carbonyl (C=O) groups is 1. The molecule has 1 aromatic carbocycles. The van der Waals surface area contributed by atoms with Gasteiger partial charge in [-0.3, -0.25) is 4.79 Å². The number of hydrogen-bond donors (Lipinski definition) is 2. The van der Waals surface area contributed by atoms with Gasteiger partial charge in [-0.15, -0.1) is 12.4 Å². The predicted octanol–water partition coefficient (Wildman–Crippen LogP) is 3.61. The van der Waals surface area contributed by atoms with Crippen LogP contribution >= 0.6 is 12.4 Å². The van der Waals surface area contributed by atoms with Gasteiger partial charge >= 0.3 is 12.4 Å². The molecule has 0 aromatic heterocycles. The summed E-state index contributed by atoms with van der Waals surface area (Å²) < 4.78 is 75.8. The molecule has 23 heavy (non-hydrogen) atoms. The van der Waals surface area contributed by atoms with Gasteiger partial charge in [0.1, 0.15) is 0 Å². The summed E-state index contributed by atoms with van der Waals surface area (Å²) in [5, 5.41) is 2.26. The number of amides is 1. The minimum absolute atomic E-state index is 0. The van der Waals surface area contributed by atoms with Gasteiger partial charge in [0.15, 0.2) is 0 Å². The Balaban J connectivity index is 0.00000484. The number of unbranched alkanes of at least 4 members (excludes halogenated alkanes) is 1. The van der Waals surface area contributed by atoms with Gasteiger partial charge in [0.2, 0.25) is 0 Å². The molecule has 3 nitrogen and oxygen atoms in total. The van der Waals surface area contributed by atoms with Crippen LogP contribution in [-0.2, 0) is 12.4 Å². The lowest BCUT2D eigenvalue weighted by atomic mass is 10.0. The van der Waals surface area contributed by atoms with Crippen LogP contribution in [0.25, 0.3) is 0 Å². The molecule has 0 heterocycles. The Morgan fingerprint density at radius 1 is 0.957 bits per heavy atom. The fraction of sp³-hybridized carbons (Fsp3) is 0.462. The molecule has 0 aliphatic carbocycles. The third kappa shape index (κ3) is 6.66. The van der Waals surface area contributed by atoms with Gasteiger partial charge in [-0.25, -0.2) is 0 Å². The van der Waals surface area contributed by atoms with Crippen molar-refractivity contribution < 1.29 is 31.1 Å². The number of carbonyl (C=O) groups excluding carboxylic acids is 1. The number of benzene rings is 1. The highest BCUT2D eigenvalue weighted by Crippen LogP contribution is 2.36. The average molecular weight is 365 g/mol. The highest BCUT2D eigenvalue weighted by Gasteiger charge is 2.37. The molecule has 0 spiro atoms. The molecule has 0 saturated heterocycles. The van der Waals surface area contributed by atoms with Crippen molar-refractivity contribution in [2.45, 2.75) is 25.2 Å². The highest BCUT2D eigenvalue weighted by atomic mass is 35.5. The maximum atomic E-state index is 12.6. The van der Waals surface area contributed by atoms with Crippen LogP contribution < -0.4 is 11.1 Å². The van der Waals surface area contributed by atoms with Crippen molar-refractivity contribution in [1.29, 1.82) is 0 Å². The molecule has 1 amide bonds. The molecule has 10 heteroatoms. The fourth-order valence-electron chi connectivity index (χ4n) is 1.66. The van der Waals surface area contributed by atoms with Crippen LogP contribution in [0.2, 0.25) is 0 Å². The van der Waals surface area contributed by atoms with Gasteiger partial charge in [-0.05, 0) is 37.6 Å². The molecule has 0 aliphatic rings. The van der Waals surface area contributed by atoms with Crippen molar-refractivity contribution >= 4 is 18.3 Å². The van der Waals surface area contributed by atoms with Gasteiger partial charge in [-0.1, -0.05) is 0 Å². The molecule has 132 valence electrons. The molecule has 1 aromatic rings. The molecular weight excluding hydrogens is 350 g/mol. The zero-order valence-corrected chi connectivity index (χ0v) is 12.5. The summed E-state index contributed by atoms with van der Waals surface area (Å²) in [7, 11) is 0. The lowest BCUT2D eigenvalue weighted by Gasteiger charge is -2.14. The van der Waals surface area contributed by atoms with Gasteiger partial charge in [0, 0.05) is 12.1 Å². The van der Waals surface area contributed by atoms with Crippen LogP contribution in [0.5, 0.6) is 0 Å². The highest BCUT2D eigenvalue weighted by molar-refractivity contribution is 5.94. The summed E-state index contributed by atoms with van der Waals surface area (Å²) in [6, 6.07) is 0.770. The second kappa shape index (κ2) is 8.39. The molecule has 1 rings (SSSR count). The maximum absolute atomic E-state index is 12.6. The van der Waals surface area contributed by atoms with Gasteiger partial charge in [0.05, 0.1) is 11.1 Å². The summed E-state index contributed by atoms with van der Waals surface area (Å²) in [4.78, 5) is 11.7. The van der Waals surface area contributed by atoms with Crippen LogP contribution in [0.4, 0.5) is 26.3 Å². The first-order valence-corrected chi connectivity index (χ1v) is 6.33. The Labute approximate surface area is 134 Å². The van der Waals surface area contributed by atoms with Crippen molar-refractivity contribution in [3.63, 3.8) is 0 Å². The summed E-state index contributed by atoms with van der Waals surface area (Å²) in [6.07, 6.45) is -8.89. The van der Waals surface area contributed by atoms with Crippen molar-refractivity contribution in [2.75, 3.05) is 13.1 Å². The molecule has 0 aliphatic heterocycles. The quantitative estimate of drug-likeness (QED) is 0.619. The van der Waals surface area contributed by atoms with Crippen LogP contribution in [0, 0.1) is 0 Å². The molecule has 0 unspecified atom stereocenters. The van der Waals surface area contributed by atoms with E-state index in [4.69, 9.17) is 5.73 Å². The molecule has 0 fully saturated rings. The second-order valence-corrected chi connectivity index (χ2v) is 4.55. The molecule has 0 radical (unpaired) electrons. The maximum Gasteiger partial charge on any atom is 0.416 e. The van der Waals surface area contributed by atoms with Crippen molar-refractivity contribution in [3.05, 3.63) is 34.9 Å². The number of alkyl halides is 6. The number of hydrogen-bond acceptors (Lipinski definition) is 2. The smallest absolute Gasteiger partial charge is 0.352 e. The van der Waals surface area contributed by atoms with Crippen LogP contribution in [0.1, 0.15) is 34.3 Å². The molecule has 0 atom stereocenters. The van der Waals surface area contributed by atoms with E-state index in [0.717, 1.165) is 0 Å².